The van der Waals surface area contributed by atoms with Crippen LogP contribution in [0.15, 0.2) is 24.3 Å². The van der Waals surface area contributed by atoms with E-state index in [1.54, 1.807) is 7.11 Å². The Bertz CT molecular complexity index is 292. The van der Waals surface area contributed by atoms with Crippen LogP contribution in [0.25, 0.3) is 0 Å². The molecule has 0 amide bonds. The van der Waals surface area contributed by atoms with E-state index in [1.807, 2.05) is 12.1 Å². The molecule has 2 heteroatoms. The van der Waals surface area contributed by atoms with Gasteiger partial charge in [0.05, 0.1) is 13.2 Å². The van der Waals surface area contributed by atoms with Crippen molar-refractivity contribution in [2.45, 2.75) is 31.3 Å². The molecule has 1 fully saturated rings. The summed E-state index contributed by atoms with van der Waals surface area (Å²) in [5.41, 5.74) is 1.32. The maximum Gasteiger partial charge on any atom is 0.118 e. The molecular weight excluding hydrogens is 176 g/mol. The van der Waals surface area contributed by atoms with Crippen LogP contribution in [0.1, 0.15) is 30.7 Å². The largest absolute Gasteiger partial charge is 0.497 e. The predicted octanol–water partition coefficient (Wildman–Crippen LogP) is 2.32. The second-order valence-corrected chi connectivity index (χ2v) is 3.94. The summed E-state index contributed by atoms with van der Waals surface area (Å²) in [5.74, 6) is 1.43. The number of ether oxygens (including phenoxy) is 1. The SMILES string of the molecule is COc1ccc([C@H]2CC[C@@H](O)C2)cc1. The smallest absolute Gasteiger partial charge is 0.118 e. The summed E-state index contributed by atoms with van der Waals surface area (Å²) in [4.78, 5) is 0. The first-order chi connectivity index (χ1) is 6.79. The van der Waals surface area contributed by atoms with Crippen molar-refractivity contribution in [3.63, 3.8) is 0 Å². The van der Waals surface area contributed by atoms with Crippen molar-refractivity contribution in [2.75, 3.05) is 7.11 Å². The maximum absolute atomic E-state index is 9.44. The van der Waals surface area contributed by atoms with Crippen molar-refractivity contribution in [3.8, 4) is 5.75 Å². The van der Waals surface area contributed by atoms with E-state index in [-0.39, 0.29) is 6.10 Å². The molecule has 2 rings (SSSR count). The van der Waals surface area contributed by atoms with Gasteiger partial charge in [0.2, 0.25) is 0 Å². The van der Waals surface area contributed by atoms with Crippen LogP contribution in [0.4, 0.5) is 0 Å². The minimum absolute atomic E-state index is 0.0953. The lowest BCUT2D eigenvalue weighted by molar-refractivity contribution is 0.181. The highest BCUT2D eigenvalue weighted by Gasteiger charge is 2.23. The first-order valence-electron chi connectivity index (χ1n) is 5.11. The van der Waals surface area contributed by atoms with Crippen LogP contribution >= 0.6 is 0 Å². The molecule has 1 saturated carbocycles. The first-order valence-corrected chi connectivity index (χ1v) is 5.11. The summed E-state index contributed by atoms with van der Waals surface area (Å²) in [6.45, 7) is 0. The van der Waals surface area contributed by atoms with Crippen molar-refractivity contribution < 1.29 is 9.84 Å². The normalized spacial score (nSPS) is 26.4. The van der Waals surface area contributed by atoms with Crippen LogP contribution in [0, 0.1) is 0 Å². The zero-order chi connectivity index (χ0) is 9.97. The molecule has 1 N–H and O–H groups in total. The summed E-state index contributed by atoms with van der Waals surface area (Å²) in [5, 5.41) is 9.44. The average Bonchev–Trinajstić information content (AvgIpc) is 2.65. The standard InChI is InChI=1S/C12H16O2/c1-14-12-6-3-9(4-7-12)10-2-5-11(13)8-10/h3-4,6-7,10-11,13H,2,5,8H2,1H3/t10-,11+/m0/s1. The Morgan fingerprint density at radius 1 is 1.21 bits per heavy atom. The molecule has 0 saturated heterocycles. The predicted molar refractivity (Wildman–Crippen MR) is 55.6 cm³/mol. The number of rotatable bonds is 2. The molecule has 0 aliphatic heterocycles. The number of hydrogen-bond donors (Lipinski definition) is 1. The van der Waals surface area contributed by atoms with Crippen molar-refractivity contribution in [1.29, 1.82) is 0 Å². The van der Waals surface area contributed by atoms with Crippen molar-refractivity contribution in [3.05, 3.63) is 29.8 Å². The third-order valence-electron chi connectivity index (χ3n) is 2.99. The number of methoxy groups -OCH3 is 1. The Labute approximate surface area is 84.5 Å². The first kappa shape index (κ1) is 9.53. The lowest BCUT2D eigenvalue weighted by atomic mass is 9.98. The van der Waals surface area contributed by atoms with Gasteiger partial charge in [-0.2, -0.15) is 0 Å². The quantitative estimate of drug-likeness (QED) is 0.779. The molecule has 2 nitrogen and oxygen atoms in total. The molecule has 1 aliphatic rings. The molecule has 0 heterocycles. The number of benzene rings is 1. The lowest BCUT2D eigenvalue weighted by Crippen LogP contribution is -1.99. The molecule has 0 radical (unpaired) electrons. The summed E-state index contributed by atoms with van der Waals surface area (Å²) < 4.78 is 5.10. The molecule has 0 bridgehead atoms. The van der Waals surface area contributed by atoms with Gasteiger partial charge in [-0.3, -0.25) is 0 Å². The Balaban J connectivity index is 2.09. The molecule has 1 aromatic carbocycles. The summed E-state index contributed by atoms with van der Waals surface area (Å²) in [6, 6.07) is 8.17. The van der Waals surface area contributed by atoms with Gasteiger partial charge in [-0.1, -0.05) is 12.1 Å². The van der Waals surface area contributed by atoms with Gasteiger partial charge >= 0.3 is 0 Å². The van der Waals surface area contributed by atoms with Crippen LogP contribution in [-0.4, -0.2) is 18.3 Å². The van der Waals surface area contributed by atoms with Gasteiger partial charge in [0.25, 0.3) is 0 Å². The summed E-state index contributed by atoms with van der Waals surface area (Å²) >= 11 is 0. The Morgan fingerprint density at radius 2 is 1.93 bits per heavy atom. The molecule has 14 heavy (non-hydrogen) atoms. The lowest BCUT2D eigenvalue weighted by Gasteiger charge is -2.10. The van der Waals surface area contributed by atoms with Crippen LogP contribution in [0.2, 0.25) is 0 Å². The van der Waals surface area contributed by atoms with Crippen molar-refractivity contribution in [2.24, 2.45) is 0 Å². The Morgan fingerprint density at radius 3 is 2.43 bits per heavy atom. The minimum Gasteiger partial charge on any atom is -0.497 e. The Hall–Kier alpha value is -1.02. The van der Waals surface area contributed by atoms with E-state index in [0.717, 1.165) is 25.0 Å². The number of aliphatic hydroxyl groups excluding tert-OH is 1. The Kier molecular flexibility index (Phi) is 2.73. The van der Waals surface area contributed by atoms with E-state index in [4.69, 9.17) is 4.74 Å². The molecule has 76 valence electrons. The summed E-state index contributed by atoms with van der Waals surface area (Å²) in [6.07, 6.45) is 2.86. The topological polar surface area (TPSA) is 29.5 Å². The van der Waals surface area contributed by atoms with Gasteiger partial charge < -0.3 is 9.84 Å². The molecule has 1 aromatic rings. The zero-order valence-electron chi connectivity index (χ0n) is 8.44. The van der Waals surface area contributed by atoms with Gasteiger partial charge in [0, 0.05) is 0 Å². The van der Waals surface area contributed by atoms with Crippen molar-refractivity contribution in [1.82, 2.24) is 0 Å². The fourth-order valence-corrected chi connectivity index (χ4v) is 2.14. The minimum atomic E-state index is -0.0953. The van der Waals surface area contributed by atoms with Gasteiger partial charge in [-0.25, -0.2) is 0 Å². The monoisotopic (exact) mass is 192 g/mol. The van der Waals surface area contributed by atoms with E-state index < -0.39 is 0 Å². The van der Waals surface area contributed by atoms with Crippen LogP contribution in [-0.2, 0) is 0 Å². The van der Waals surface area contributed by atoms with Crippen LogP contribution in [0.3, 0.4) is 0 Å². The van der Waals surface area contributed by atoms with E-state index in [2.05, 4.69) is 12.1 Å². The third kappa shape index (κ3) is 1.90. The highest BCUT2D eigenvalue weighted by Crippen LogP contribution is 2.34. The van der Waals surface area contributed by atoms with E-state index in [1.165, 1.54) is 5.56 Å². The second kappa shape index (κ2) is 4.01. The van der Waals surface area contributed by atoms with Gasteiger partial charge in [0.15, 0.2) is 0 Å². The molecule has 2 atom stereocenters. The van der Waals surface area contributed by atoms with E-state index >= 15 is 0 Å². The highest BCUT2D eigenvalue weighted by molar-refractivity contribution is 5.29. The fraction of sp³-hybridized carbons (Fsp3) is 0.500. The van der Waals surface area contributed by atoms with Crippen LogP contribution < -0.4 is 4.74 Å². The maximum atomic E-state index is 9.44. The van der Waals surface area contributed by atoms with Crippen LogP contribution in [0.5, 0.6) is 5.75 Å². The zero-order valence-corrected chi connectivity index (χ0v) is 8.44. The molecular formula is C12H16O2. The molecule has 0 aromatic heterocycles. The average molecular weight is 192 g/mol. The van der Waals surface area contributed by atoms with Gasteiger partial charge in [-0.15, -0.1) is 0 Å². The number of aliphatic hydroxyl groups is 1. The second-order valence-electron chi connectivity index (χ2n) is 3.94. The van der Waals surface area contributed by atoms with Gasteiger partial charge in [-0.05, 0) is 42.9 Å². The molecule has 0 spiro atoms. The van der Waals surface area contributed by atoms with E-state index in [9.17, 15) is 5.11 Å². The van der Waals surface area contributed by atoms with E-state index in [0.29, 0.717) is 5.92 Å². The molecule has 1 aliphatic carbocycles. The van der Waals surface area contributed by atoms with Gasteiger partial charge in [0.1, 0.15) is 5.75 Å². The van der Waals surface area contributed by atoms with Crippen molar-refractivity contribution >= 4 is 0 Å². The summed E-state index contributed by atoms with van der Waals surface area (Å²) in [7, 11) is 1.67. The highest BCUT2D eigenvalue weighted by atomic mass is 16.5. The fourth-order valence-electron chi connectivity index (χ4n) is 2.14. The third-order valence-corrected chi connectivity index (χ3v) is 2.99. The number of hydrogen-bond acceptors (Lipinski definition) is 2. The molecule has 0 unspecified atom stereocenters.